The summed E-state index contributed by atoms with van der Waals surface area (Å²) in [7, 11) is 3.78. The van der Waals surface area contributed by atoms with E-state index in [2.05, 4.69) is 22.3 Å². The van der Waals surface area contributed by atoms with E-state index in [1.54, 1.807) is 6.33 Å². The summed E-state index contributed by atoms with van der Waals surface area (Å²) in [5.41, 5.74) is 0.103. The molecule has 1 saturated carbocycles. The van der Waals surface area contributed by atoms with Gasteiger partial charge in [-0.15, -0.1) is 0 Å². The number of nitrogens with zero attached hydrogens (tertiary/aromatic N) is 3. The van der Waals surface area contributed by atoms with Gasteiger partial charge in [0.25, 0.3) is 0 Å². The van der Waals surface area contributed by atoms with Gasteiger partial charge in [-0.05, 0) is 32.2 Å². The summed E-state index contributed by atoms with van der Waals surface area (Å²) in [5, 5.41) is 7.67. The second-order valence-electron chi connectivity index (χ2n) is 5.20. The van der Waals surface area contributed by atoms with Crippen LogP contribution < -0.4 is 5.32 Å². The maximum atomic E-state index is 5.72. The van der Waals surface area contributed by atoms with Gasteiger partial charge in [-0.25, -0.2) is 4.98 Å². The Bertz CT molecular complexity index is 367. The number of hydrogen-bond donors (Lipinski definition) is 1. The normalized spacial score (nSPS) is 19.5. The van der Waals surface area contributed by atoms with Crippen molar-refractivity contribution >= 4 is 0 Å². The van der Waals surface area contributed by atoms with Crippen LogP contribution in [0.5, 0.6) is 0 Å². The van der Waals surface area contributed by atoms with E-state index < -0.39 is 0 Å². The number of likely N-dealkylation sites (N-methyl/N-ethyl adjacent to an activating group) is 1. The molecule has 0 saturated heterocycles. The van der Waals surface area contributed by atoms with Gasteiger partial charge in [0.2, 0.25) is 0 Å². The highest BCUT2D eigenvalue weighted by Gasteiger charge is 2.39. The molecule has 1 aromatic rings. The van der Waals surface area contributed by atoms with Crippen LogP contribution in [0, 0.1) is 0 Å². The summed E-state index contributed by atoms with van der Waals surface area (Å²) in [6, 6.07) is 0.415. The number of ether oxygens (including phenoxy) is 1. The fourth-order valence-corrected chi connectivity index (χ4v) is 2.74. The molecule has 102 valence electrons. The van der Waals surface area contributed by atoms with E-state index in [1.807, 2.05) is 18.8 Å². The molecule has 1 aromatic heterocycles. The number of aromatic nitrogens is 3. The number of nitrogens with one attached hydrogen (secondary N) is 1. The molecule has 1 atom stereocenters. The average molecular weight is 252 g/mol. The van der Waals surface area contributed by atoms with Gasteiger partial charge in [0.1, 0.15) is 12.2 Å². The summed E-state index contributed by atoms with van der Waals surface area (Å²) >= 11 is 0. The lowest BCUT2D eigenvalue weighted by Gasteiger charge is -2.43. The Morgan fingerprint density at radius 1 is 1.56 bits per heavy atom. The Balaban J connectivity index is 1.97. The van der Waals surface area contributed by atoms with Crippen molar-refractivity contribution in [3.8, 4) is 0 Å². The Hall–Kier alpha value is -0.940. The fraction of sp³-hybridized carbons (Fsp3) is 0.846. The number of aryl methyl sites for hydroxylation is 1. The molecular weight excluding hydrogens is 228 g/mol. The molecule has 1 heterocycles. The minimum atomic E-state index is 0.103. The van der Waals surface area contributed by atoms with E-state index in [1.165, 1.54) is 19.3 Å². The van der Waals surface area contributed by atoms with Crippen molar-refractivity contribution in [1.29, 1.82) is 0 Å². The molecule has 1 aliphatic rings. The topological polar surface area (TPSA) is 52.0 Å². The van der Waals surface area contributed by atoms with Crippen molar-refractivity contribution in [2.45, 2.75) is 50.7 Å². The molecule has 0 spiro atoms. The van der Waals surface area contributed by atoms with Crippen LogP contribution in [0.15, 0.2) is 6.33 Å². The largest absolute Gasteiger partial charge is 0.378 e. The monoisotopic (exact) mass is 252 g/mol. The Labute approximate surface area is 109 Å². The predicted octanol–water partition coefficient (Wildman–Crippen LogP) is 1.29. The van der Waals surface area contributed by atoms with Gasteiger partial charge in [-0.2, -0.15) is 5.10 Å². The quantitative estimate of drug-likeness (QED) is 0.794. The van der Waals surface area contributed by atoms with Crippen LogP contribution >= 0.6 is 0 Å². The molecule has 0 aromatic carbocycles. The lowest BCUT2D eigenvalue weighted by Crippen LogP contribution is -2.46. The highest BCUT2D eigenvalue weighted by molar-refractivity contribution is 4.97. The molecular formula is C13H24N4O. The van der Waals surface area contributed by atoms with Crippen molar-refractivity contribution in [2.24, 2.45) is 7.05 Å². The molecule has 1 fully saturated rings. The summed E-state index contributed by atoms with van der Waals surface area (Å²) in [5.74, 6) is 1.03. The van der Waals surface area contributed by atoms with Crippen molar-refractivity contribution in [2.75, 3.05) is 13.7 Å². The number of methoxy groups -OCH3 is 1. The molecule has 0 bridgehead atoms. The average Bonchev–Trinajstić information content (AvgIpc) is 2.70. The van der Waals surface area contributed by atoms with Gasteiger partial charge in [0.15, 0.2) is 0 Å². The molecule has 18 heavy (non-hydrogen) atoms. The third-order valence-corrected chi connectivity index (χ3v) is 4.04. The molecule has 1 aliphatic carbocycles. The third kappa shape index (κ3) is 2.90. The van der Waals surface area contributed by atoms with Gasteiger partial charge in [-0.1, -0.05) is 6.92 Å². The minimum Gasteiger partial charge on any atom is -0.378 e. The molecule has 1 unspecified atom stereocenters. The molecule has 1 N–H and O–H groups in total. The SMILES string of the molecule is CCNC(Cc1ncnn1C)CC1(OC)CCC1. The van der Waals surface area contributed by atoms with E-state index >= 15 is 0 Å². The molecule has 5 nitrogen and oxygen atoms in total. The van der Waals surface area contributed by atoms with Gasteiger partial charge in [-0.3, -0.25) is 4.68 Å². The standard InChI is InChI=1S/C13H24N4O/c1-4-14-11(8-12-15-10-16-17(12)2)9-13(18-3)6-5-7-13/h10-11,14H,4-9H2,1-3H3. The first kappa shape index (κ1) is 13.5. The highest BCUT2D eigenvalue weighted by Crippen LogP contribution is 2.39. The van der Waals surface area contributed by atoms with E-state index in [4.69, 9.17) is 4.74 Å². The van der Waals surface area contributed by atoms with Crippen LogP contribution in [-0.2, 0) is 18.2 Å². The lowest BCUT2D eigenvalue weighted by molar-refractivity contribution is -0.0834. The zero-order valence-electron chi connectivity index (χ0n) is 11.6. The smallest absolute Gasteiger partial charge is 0.138 e. The Morgan fingerprint density at radius 3 is 2.78 bits per heavy atom. The van der Waals surface area contributed by atoms with E-state index in [-0.39, 0.29) is 5.60 Å². The fourth-order valence-electron chi connectivity index (χ4n) is 2.74. The zero-order valence-corrected chi connectivity index (χ0v) is 11.6. The van der Waals surface area contributed by atoms with Crippen molar-refractivity contribution < 1.29 is 4.74 Å². The summed E-state index contributed by atoms with van der Waals surface area (Å²) in [6.45, 7) is 3.12. The highest BCUT2D eigenvalue weighted by atomic mass is 16.5. The van der Waals surface area contributed by atoms with E-state index in [9.17, 15) is 0 Å². The second kappa shape index (κ2) is 5.80. The summed E-state index contributed by atoms with van der Waals surface area (Å²) in [4.78, 5) is 4.31. The molecule has 5 heteroatoms. The molecule has 0 aliphatic heterocycles. The number of hydrogen-bond acceptors (Lipinski definition) is 4. The molecule has 0 radical (unpaired) electrons. The Morgan fingerprint density at radius 2 is 2.33 bits per heavy atom. The third-order valence-electron chi connectivity index (χ3n) is 4.04. The van der Waals surface area contributed by atoms with Crippen LogP contribution in [0.1, 0.15) is 38.4 Å². The van der Waals surface area contributed by atoms with Crippen molar-refractivity contribution in [3.05, 3.63) is 12.2 Å². The first-order valence-electron chi connectivity index (χ1n) is 6.80. The van der Waals surface area contributed by atoms with E-state index in [0.717, 1.165) is 25.2 Å². The maximum absolute atomic E-state index is 5.72. The predicted molar refractivity (Wildman–Crippen MR) is 70.4 cm³/mol. The lowest BCUT2D eigenvalue weighted by atomic mass is 9.75. The molecule has 0 amide bonds. The molecule has 2 rings (SSSR count). The maximum Gasteiger partial charge on any atom is 0.138 e. The van der Waals surface area contributed by atoms with Crippen LogP contribution in [0.3, 0.4) is 0 Å². The minimum absolute atomic E-state index is 0.103. The van der Waals surface area contributed by atoms with Gasteiger partial charge >= 0.3 is 0 Å². The first-order valence-corrected chi connectivity index (χ1v) is 6.80. The second-order valence-corrected chi connectivity index (χ2v) is 5.20. The van der Waals surface area contributed by atoms with Crippen molar-refractivity contribution in [3.63, 3.8) is 0 Å². The van der Waals surface area contributed by atoms with Crippen LogP contribution in [0.25, 0.3) is 0 Å². The summed E-state index contributed by atoms with van der Waals surface area (Å²) < 4.78 is 7.57. The Kier molecular flexibility index (Phi) is 4.35. The van der Waals surface area contributed by atoms with Crippen LogP contribution in [0.4, 0.5) is 0 Å². The van der Waals surface area contributed by atoms with Gasteiger partial charge in [0.05, 0.1) is 5.60 Å². The van der Waals surface area contributed by atoms with Gasteiger partial charge < -0.3 is 10.1 Å². The zero-order chi connectivity index (χ0) is 13.0. The van der Waals surface area contributed by atoms with Crippen LogP contribution in [0.2, 0.25) is 0 Å². The van der Waals surface area contributed by atoms with Gasteiger partial charge in [0, 0.05) is 26.6 Å². The number of rotatable bonds is 7. The van der Waals surface area contributed by atoms with Crippen molar-refractivity contribution in [1.82, 2.24) is 20.1 Å². The van der Waals surface area contributed by atoms with E-state index in [0.29, 0.717) is 6.04 Å². The first-order chi connectivity index (χ1) is 8.69. The summed E-state index contributed by atoms with van der Waals surface area (Å²) in [6.07, 6.45) is 7.25. The van der Waals surface area contributed by atoms with Crippen LogP contribution in [-0.4, -0.2) is 40.1 Å².